The largest absolute Gasteiger partial charge is 0.490 e. The normalized spacial score (nSPS) is 34.1. The number of halogens is 1. The van der Waals surface area contributed by atoms with Gasteiger partial charge in [-0.3, -0.25) is 4.79 Å². The fourth-order valence-electron chi connectivity index (χ4n) is 10.2. The number of amides is 1. The summed E-state index contributed by atoms with van der Waals surface area (Å²) in [4.78, 5) is 18.7. The maximum Gasteiger partial charge on any atom is 0.264 e. The van der Waals surface area contributed by atoms with Gasteiger partial charge in [0.2, 0.25) is 10.0 Å². The van der Waals surface area contributed by atoms with E-state index in [0.717, 1.165) is 87.6 Å². The van der Waals surface area contributed by atoms with Crippen LogP contribution in [-0.4, -0.2) is 76.0 Å². The number of carbonyl (C=O) groups excluding carboxylic acids is 1. The fourth-order valence-corrected chi connectivity index (χ4v) is 11.7. The molecule has 2 bridgehead atoms. The summed E-state index contributed by atoms with van der Waals surface area (Å²) in [5.74, 6) is 1.15. The second-order valence-corrected chi connectivity index (χ2v) is 19.8. The van der Waals surface area contributed by atoms with Crippen molar-refractivity contribution in [3.8, 4) is 5.75 Å². The zero-order chi connectivity index (χ0) is 37.5. The van der Waals surface area contributed by atoms with Gasteiger partial charge in [0, 0.05) is 42.2 Å². The van der Waals surface area contributed by atoms with Crippen LogP contribution in [0.1, 0.15) is 107 Å². The van der Waals surface area contributed by atoms with E-state index in [1.807, 2.05) is 32.2 Å². The lowest BCUT2D eigenvalue weighted by Gasteiger charge is -2.51. The number of allylic oxidation sites excluding steroid dienone is 1. The Morgan fingerprint density at radius 2 is 1.89 bits per heavy atom. The van der Waals surface area contributed by atoms with Crippen LogP contribution >= 0.6 is 11.6 Å². The van der Waals surface area contributed by atoms with Crippen molar-refractivity contribution in [2.24, 2.45) is 23.7 Å². The van der Waals surface area contributed by atoms with Crippen LogP contribution in [-0.2, 0) is 26.6 Å². The van der Waals surface area contributed by atoms with Crippen LogP contribution in [0.4, 0.5) is 5.69 Å². The molecule has 2 fully saturated rings. The van der Waals surface area contributed by atoms with Crippen molar-refractivity contribution < 1.29 is 22.7 Å². The van der Waals surface area contributed by atoms with E-state index in [1.54, 1.807) is 13.0 Å². The molecular formula is C43H60ClN3O5S. The van der Waals surface area contributed by atoms with E-state index in [-0.39, 0.29) is 11.3 Å². The quantitative estimate of drug-likeness (QED) is 0.315. The molecule has 0 radical (unpaired) electrons. The van der Waals surface area contributed by atoms with Gasteiger partial charge < -0.3 is 19.3 Å². The Bertz CT molecular complexity index is 1800. The maximum atomic E-state index is 13.7. The van der Waals surface area contributed by atoms with Crippen molar-refractivity contribution in [3.63, 3.8) is 0 Å². The molecule has 8 nitrogen and oxygen atoms in total. The van der Waals surface area contributed by atoms with E-state index in [0.29, 0.717) is 42.4 Å². The molecular weight excluding hydrogens is 706 g/mol. The fraction of sp³-hybridized carbons (Fsp3) is 0.651. The summed E-state index contributed by atoms with van der Waals surface area (Å²) in [6.07, 6.45) is 14.8. The van der Waals surface area contributed by atoms with Crippen molar-refractivity contribution in [2.45, 2.75) is 114 Å². The Morgan fingerprint density at radius 3 is 2.64 bits per heavy atom. The summed E-state index contributed by atoms with van der Waals surface area (Å²) in [6.45, 7) is 12.6. The highest BCUT2D eigenvalue weighted by Crippen LogP contribution is 2.51. The number of hydrogen-bond donors (Lipinski definition) is 1. The molecule has 1 spiro atoms. The van der Waals surface area contributed by atoms with E-state index in [9.17, 15) is 13.2 Å². The molecule has 1 saturated carbocycles. The highest BCUT2D eigenvalue weighted by Gasteiger charge is 2.50. The summed E-state index contributed by atoms with van der Waals surface area (Å²) in [5, 5.41) is -0.00789. The van der Waals surface area contributed by atoms with Gasteiger partial charge >= 0.3 is 0 Å². The van der Waals surface area contributed by atoms with Gasteiger partial charge in [0.25, 0.3) is 5.91 Å². The molecule has 1 unspecified atom stereocenters. The summed E-state index contributed by atoms with van der Waals surface area (Å²) < 4.78 is 43.2. The molecule has 7 rings (SSSR count). The summed E-state index contributed by atoms with van der Waals surface area (Å²) in [5.41, 5.74) is 3.04. The van der Waals surface area contributed by atoms with Crippen molar-refractivity contribution in [1.82, 2.24) is 9.62 Å². The van der Waals surface area contributed by atoms with Crippen LogP contribution in [0, 0.1) is 23.7 Å². The van der Waals surface area contributed by atoms with Crippen molar-refractivity contribution in [3.05, 3.63) is 70.3 Å². The third kappa shape index (κ3) is 7.79. The Balaban J connectivity index is 1.29. The number of nitrogens with zero attached hydrogens (tertiary/aromatic N) is 2. The molecule has 2 aromatic carbocycles. The van der Waals surface area contributed by atoms with Crippen molar-refractivity contribution in [1.29, 1.82) is 0 Å². The van der Waals surface area contributed by atoms with Gasteiger partial charge in [0.15, 0.2) is 0 Å². The smallest absolute Gasteiger partial charge is 0.264 e. The predicted octanol–water partition coefficient (Wildman–Crippen LogP) is 8.17. The van der Waals surface area contributed by atoms with Crippen LogP contribution in [0.5, 0.6) is 5.75 Å². The first kappa shape index (κ1) is 38.7. The minimum Gasteiger partial charge on any atom is -0.490 e. The molecule has 7 atom stereocenters. The molecule has 10 heteroatoms. The summed E-state index contributed by atoms with van der Waals surface area (Å²) in [7, 11) is -2.05. The molecule has 290 valence electrons. The lowest BCUT2D eigenvalue weighted by Crippen LogP contribution is -2.53. The minimum atomic E-state index is -3.94. The van der Waals surface area contributed by atoms with Gasteiger partial charge in [-0.1, -0.05) is 36.7 Å². The summed E-state index contributed by atoms with van der Waals surface area (Å²) >= 11 is 6.51. The third-order valence-electron chi connectivity index (χ3n) is 13.8. The summed E-state index contributed by atoms with van der Waals surface area (Å²) in [6, 6.07) is 12.3. The number of aryl methyl sites for hydroxylation is 1. The van der Waals surface area contributed by atoms with Crippen LogP contribution in [0.3, 0.4) is 0 Å². The second-order valence-electron chi connectivity index (χ2n) is 17.3. The van der Waals surface area contributed by atoms with Gasteiger partial charge in [-0.15, -0.1) is 0 Å². The minimum absolute atomic E-state index is 0.200. The molecule has 2 aliphatic carbocycles. The van der Waals surface area contributed by atoms with Gasteiger partial charge in [-0.25, -0.2) is 13.1 Å². The highest BCUT2D eigenvalue weighted by molar-refractivity contribution is 7.90. The SMILES string of the molecule is CO[C@]1(CC2CCCN(C(C)C)CC2)/C=C/C[C@H](C)[C@@H](C)S(=O)(=O)NC(=O)c2ccc3c(c2)N(C[C@@H]2CC[C@H]21)C[C@@]1(CCCc2cc(Cl)ccc21)CO3. The Hall–Kier alpha value is -2.59. The second kappa shape index (κ2) is 15.5. The lowest BCUT2D eigenvalue weighted by molar-refractivity contribution is -0.0893. The van der Waals surface area contributed by atoms with Crippen molar-refractivity contribution >= 4 is 33.2 Å². The number of carbonyl (C=O) groups is 1. The molecule has 1 N–H and O–H groups in total. The first-order valence-electron chi connectivity index (χ1n) is 20.2. The third-order valence-corrected chi connectivity index (χ3v) is 16.0. The number of fused-ring (bicyclic) bond motifs is 4. The van der Waals surface area contributed by atoms with Crippen LogP contribution in [0.25, 0.3) is 0 Å². The predicted molar refractivity (Wildman–Crippen MR) is 214 cm³/mol. The number of sulfonamides is 1. The number of methoxy groups -OCH3 is 1. The Kier molecular flexibility index (Phi) is 11.3. The van der Waals surface area contributed by atoms with E-state index in [4.69, 9.17) is 21.1 Å². The molecule has 3 aliphatic heterocycles. The van der Waals surface area contributed by atoms with Gasteiger partial charge in [-0.05, 0) is 163 Å². The average Bonchev–Trinajstić information content (AvgIpc) is 3.44. The van der Waals surface area contributed by atoms with Gasteiger partial charge in [0.05, 0.1) is 23.1 Å². The first-order chi connectivity index (χ1) is 25.3. The zero-order valence-electron chi connectivity index (χ0n) is 32.4. The number of benzene rings is 2. The number of ether oxygens (including phenoxy) is 2. The standard InChI is InChI=1S/C43H60ClN3O5S/c1-29(2)46-21-8-10-32(18-22-46)25-43(51-5)20-6-9-30(3)31(4)53(49,50)45-41(48)34-13-17-40-39(24-34)47(26-35-12-15-38(35)43)27-42(28-52-40)19-7-11-33-23-36(44)14-16-37(33)42/h6,13-14,16-17,20,23-24,29-32,35,38H,7-12,15,18-19,21-22,25-28H2,1-5H3,(H,45,48)/b20-6+/t30-,31+,32?,35-,38+,42-,43-/m0/s1. The first-order valence-corrected chi connectivity index (χ1v) is 22.1. The Labute approximate surface area is 323 Å². The van der Waals surface area contributed by atoms with E-state index >= 15 is 0 Å². The number of hydrogen-bond acceptors (Lipinski definition) is 7. The number of nitrogens with one attached hydrogen (secondary N) is 1. The van der Waals surface area contributed by atoms with Gasteiger partial charge in [0.1, 0.15) is 5.75 Å². The molecule has 53 heavy (non-hydrogen) atoms. The molecule has 2 aromatic rings. The number of likely N-dealkylation sites (tertiary alicyclic amines) is 1. The Morgan fingerprint density at radius 1 is 1.06 bits per heavy atom. The zero-order valence-corrected chi connectivity index (χ0v) is 34.0. The average molecular weight is 766 g/mol. The van der Waals surface area contributed by atoms with E-state index < -0.39 is 26.8 Å². The van der Waals surface area contributed by atoms with E-state index in [2.05, 4.69) is 52.7 Å². The topological polar surface area (TPSA) is 88.2 Å². The molecule has 1 saturated heterocycles. The van der Waals surface area contributed by atoms with Crippen LogP contribution < -0.4 is 14.4 Å². The van der Waals surface area contributed by atoms with Gasteiger partial charge in [-0.2, -0.15) is 0 Å². The molecule has 3 heterocycles. The van der Waals surface area contributed by atoms with Crippen molar-refractivity contribution in [2.75, 3.05) is 44.8 Å². The molecule has 0 aromatic heterocycles. The maximum absolute atomic E-state index is 13.7. The number of rotatable bonds is 4. The number of anilines is 1. The molecule has 1 amide bonds. The van der Waals surface area contributed by atoms with E-state index in [1.165, 1.54) is 24.0 Å². The van der Waals surface area contributed by atoms with Crippen LogP contribution in [0.15, 0.2) is 48.6 Å². The monoisotopic (exact) mass is 765 g/mol. The highest BCUT2D eigenvalue weighted by atomic mass is 35.5. The van der Waals surface area contributed by atoms with Crippen LogP contribution in [0.2, 0.25) is 5.02 Å². The lowest BCUT2D eigenvalue weighted by atomic mass is 9.61. The molecule has 5 aliphatic rings.